The minimum Gasteiger partial charge on any atom is -0.497 e. The van der Waals surface area contributed by atoms with E-state index in [1.54, 1.807) is 24.3 Å². The highest BCUT2D eigenvalue weighted by atomic mass is 16.5. The van der Waals surface area contributed by atoms with Gasteiger partial charge in [0.25, 0.3) is 5.56 Å². The molecule has 2 amide bonds. The van der Waals surface area contributed by atoms with Crippen LogP contribution in [0.1, 0.15) is 30.7 Å². The van der Waals surface area contributed by atoms with E-state index in [2.05, 4.69) is 4.98 Å². The number of carbonyl (C=O) groups excluding carboxylic acids is 1. The number of nitrogens with zero attached hydrogens (tertiary/aromatic N) is 5. The van der Waals surface area contributed by atoms with Gasteiger partial charge in [-0.1, -0.05) is 30.3 Å². The van der Waals surface area contributed by atoms with Crippen LogP contribution in [0, 0.1) is 5.92 Å². The zero-order valence-electron chi connectivity index (χ0n) is 24.0. The Bertz CT molecular complexity index is 1670. The Morgan fingerprint density at radius 3 is 2.40 bits per heavy atom. The van der Waals surface area contributed by atoms with Crippen molar-refractivity contribution in [2.75, 3.05) is 33.3 Å². The number of amides is 2. The highest BCUT2D eigenvalue weighted by Crippen LogP contribution is 2.35. The number of hydrogen-bond donors (Lipinski definition) is 2. The van der Waals surface area contributed by atoms with Gasteiger partial charge in [-0.15, -0.1) is 0 Å². The first kappa shape index (κ1) is 28.5. The summed E-state index contributed by atoms with van der Waals surface area (Å²) in [6.07, 6.45) is 3.38. The molecule has 2 fully saturated rings. The lowest BCUT2D eigenvalue weighted by molar-refractivity contribution is -0.142. The summed E-state index contributed by atoms with van der Waals surface area (Å²) in [5, 5.41) is 21.5. The molecule has 2 aliphatic rings. The zero-order valence-corrected chi connectivity index (χ0v) is 24.0. The van der Waals surface area contributed by atoms with Crippen molar-refractivity contribution in [2.24, 2.45) is 5.92 Å². The molecule has 4 heterocycles. The molecule has 2 N–H and O–H groups in total. The second-order valence-electron chi connectivity index (χ2n) is 11.5. The Kier molecular flexibility index (Phi) is 7.66. The molecule has 0 spiro atoms. The van der Waals surface area contributed by atoms with Gasteiger partial charge in [-0.05, 0) is 55.2 Å². The fourth-order valence-electron chi connectivity index (χ4n) is 6.43. The van der Waals surface area contributed by atoms with Crippen molar-refractivity contribution in [3.8, 4) is 11.4 Å². The number of aromatic nitrogens is 3. The Morgan fingerprint density at radius 1 is 1.00 bits per heavy atom. The van der Waals surface area contributed by atoms with E-state index in [4.69, 9.17) is 4.74 Å². The van der Waals surface area contributed by atoms with E-state index in [0.717, 1.165) is 17.0 Å². The van der Waals surface area contributed by atoms with E-state index in [-0.39, 0.29) is 36.4 Å². The summed E-state index contributed by atoms with van der Waals surface area (Å²) in [6.45, 7) is 1.37. The second-order valence-corrected chi connectivity index (χ2v) is 11.5. The smallest absolute Gasteiger partial charge is 0.407 e. The summed E-state index contributed by atoms with van der Waals surface area (Å²) < 4.78 is 8.52. The van der Waals surface area contributed by atoms with Crippen LogP contribution in [-0.2, 0) is 11.3 Å². The summed E-state index contributed by atoms with van der Waals surface area (Å²) in [6, 6.07) is 18.8. The molecule has 0 saturated carbocycles. The normalized spacial score (nSPS) is 20.2. The Balaban J connectivity index is 1.14. The van der Waals surface area contributed by atoms with E-state index < -0.39 is 11.7 Å². The maximum atomic E-state index is 13.7. The van der Waals surface area contributed by atoms with Crippen LogP contribution >= 0.6 is 0 Å². The zero-order chi connectivity index (χ0) is 30.1. The number of methoxy groups -OCH3 is 1. The van der Waals surface area contributed by atoms with E-state index in [1.807, 2.05) is 59.2 Å². The number of carboxylic acid groups (broad SMARTS) is 1. The van der Waals surface area contributed by atoms with E-state index in [9.17, 15) is 24.6 Å². The van der Waals surface area contributed by atoms with Gasteiger partial charge in [0.2, 0.25) is 5.91 Å². The van der Waals surface area contributed by atoms with Crippen molar-refractivity contribution in [3.63, 3.8) is 0 Å². The average molecular weight is 586 g/mol. The van der Waals surface area contributed by atoms with Gasteiger partial charge in [0.15, 0.2) is 5.65 Å². The number of hydrogen-bond acceptors (Lipinski definition) is 6. The van der Waals surface area contributed by atoms with Gasteiger partial charge < -0.3 is 29.3 Å². The largest absolute Gasteiger partial charge is 0.497 e. The van der Waals surface area contributed by atoms with Gasteiger partial charge in [-0.2, -0.15) is 0 Å². The number of piperidine rings is 2. The number of ether oxygens (including phenoxy) is 1. The summed E-state index contributed by atoms with van der Waals surface area (Å²) in [5.74, 6) is 0.145. The number of likely N-dealkylation sites (tertiary alicyclic amines) is 2. The van der Waals surface area contributed by atoms with Crippen molar-refractivity contribution in [3.05, 3.63) is 89.1 Å². The minimum absolute atomic E-state index is 0.0129. The summed E-state index contributed by atoms with van der Waals surface area (Å²) in [7, 11) is 1.61. The molecule has 0 unspecified atom stereocenters. The molecule has 4 aromatic rings. The first-order valence-corrected chi connectivity index (χ1v) is 14.5. The SMILES string of the molecule is COc1ccc(-n2ccc3c(=O)n(CC4(O)CCN(C(=O)[C@@H]5CCN(C(=O)O)C[C@H]5c5ccccc5)CC4)cnc32)cc1. The Morgan fingerprint density at radius 2 is 1.72 bits per heavy atom. The van der Waals surface area contributed by atoms with Crippen LogP contribution in [0.5, 0.6) is 5.75 Å². The molecule has 2 aromatic heterocycles. The molecule has 11 heteroatoms. The van der Waals surface area contributed by atoms with E-state index in [0.29, 0.717) is 49.9 Å². The first-order chi connectivity index (χ1) is 20.8. The number of rotatable bonds is 6. The molecule has 0 radical (unpaired) electrons. The fourth-order valence-corrected chi connectivity index (χ4v) is 6.43. The Hall–Kier alpha value is -4.64. The molecule has 43 heavy (non-hydrogen) atoms. The van der Waals surface area contributed by atoms with Crippen LogP contribution in [0.15, 0.2) is 78.0 Å². The third-order valence-corrected chi connectivity index (χ3v) is 8.92. The molecule has 2 atom stereocenters. The summed E-state index contributed by atoms with van der Waals surface area (Å²) >= 11 is 0. The third kappa shape index (κ3) is 5.60. The highest BCUT2D eigenvalue weighted by molar-refractivity contribution is 5.81. The van der Waals surface area contributed by atoms with Crippen LogP contribution in [0.4, 0.5) is 4.79 Å². The van der Waals surface area contributed by atoms with Crippen molar-refractivity contribution in [1.82, 2.24) is 23.9 Å². The first-order valence-electron chi connectivity index (χ1n) is 14.5. The maximum absolute atomic E-state index is 13.7. The van der Waals surface area contributed by atoms with Crippen molar-refractivity contribution < 1.29 is 24.5 Å². The number of aliphatic hydroxyl groups is 1. The van der Waals surface area contributed by atoms with Crippen LogP contribution < -0.4 is 10.3 Å². The lowest BCUT2D eigenvalue weighted by atomic mass is 9.79. The van der Waals surface area contributed by atoms with Crippen molar-refractivity contribution in [2.45, 2.75) is 37.3 Å². The molecular weight excluding hydrogens is 550 g/mol. The molecule has 2 aromatic carbocycles. The van der Waals surface area contributed by atoms with Crippen LogP contribution in [0.25, 0.3) is 16.7 Å². The quantitative estimate of drug-likeness (QED) is 0.355. The van der Waals surface area contributed by atoms with Gasteiger partial charge in [0, 0.05) is 49.9 Å². The minimum atomic E-state index is -1.17. The van der Waals surface area contributed by atoms with Gasteiger partial charge >= 0.3 is 6.09 Å². The molecule has 11 nitrogen and oxygen atoms in total. The predicted octanol–water partition coefficient (Wildman–Crippen LogP) is 3.33. The van der Waals surface area contributed by atoms with Gasteiger partial charge in [-0.25, -0.2) is 9.78 Å². The highest BCUT2D eigenvalue weighted by Gasteiger charge is 2.41. The summed E-state index contributed by atoms with van der Waals surface area (Å²) in [5.41, 5.74) is 0.920. The summed E-state index contributed by atoms with van der Waals surface area (Å²) in [4.78, 5) is 46.5. The lowest BCUT2D eigenvalue weighted by Crippen LogP contribution is -2.53. The van der Waals surface area contributed by atoms with Gasteiger partial charge in [0.05, 0.1) is 24.6 Å². The molecule has 6 rings (SSSR count). The van der Waals surface area contributed by atoms with Crippen LogP contribution in [0.2, 0.25) is 0 Å². The second kappa shape index (κ2) is 11.6. The van der Waals surface area contributed by atoms with Gasteiger partial charge in [-0.3, -0.25) is 14.2 Å². The van der Waals surface area contributed by atoms with E-state index in [1.165, 1.54) is 15.8 Å². The molecule has 0 bridgehead atoms. The van der Waals surface area contributed by atoms with Crippen LogP contribution in [-0.4, -0.2) is 85.0 Å². The van der Waals surface area contributed by atoms with Crippen LogP contribution in [0.3, 0.4) is 0 Å². The monoisotopic (exact) mass is 585 g/mol. The standard InChI is InChI=1S/C32H35N5O6/c1-43-24-9-7-23(8-10-24)37-16-12-26-28(37)33-21-36(30(26)39)20-32(42)13-17-34(18-14-32)29(38)25-11-15-35(31(40)41)19-27(25)22-5-3-2-4-6-22/h2-10,12,16,21,25,27,42H,11,13-15,17-20H2,1H3,(H,40,41)/t25-,27+/m1/s1. The topological polar surface area (TPSA) is 130 Å². The molecule has 2 aliphatic heterocycles. The van der Waals surface area contributed by atoms with E-state index >= 15 is 0 Å². The number of benzene rings is 2. The van der Waals surface area contributed by atoms with Gasteiger partial charge in [0.1, 0.15) is 12.1 Å². The Labute approximate surface area is 248 Å². The molecule has 224 valence electrons. The van der Waals surface area contributed by atoms with Crippen molar-refractivity contribution in [1.29, 1.82) is 0 Å². The number of carbonyl (C=O) groups is 2. The average Bonchev–Trinajstić information content (AvgIpc) is 3.47. The molecule has 0 aliphatic carbocycles. The maximum Gasteiger partial charge on any atom is 0.407 e. The number of fused-ring (bicyclic) bond motifs is 1. The molecular formula is C32H35N5O6. The fraction of sp³-hybridized carbons (Fsp3) is 0.375. The predicted molar refractivity (Wildman–Crippen MR) is 160 cm³/mol. The third-order valence-electron chi connectivity index (χ3n) is 8.92. The molecule has 2 saturated heterocycles. The van der Waals surface area contributed by atoms with Crippen molar-refractivity contribution >= 4 is 23.0 Å². The lowest BCUT2D eigenvalue weighted by Gasteiger charge is -2.42.